The average molecular weight is 387 g/mol. The molecule has 1 aromatic carbocycles. The van der Waals surface area contributed by atoms with Crippen molar-refractivity contribution in [1.82, 2.24) is 15.0 Å². The average Bonchev–Trinajstić information content (AvgIpc) is 3.10. The Morgan fingerprint density at radius 2 is 2.08 bits per heavy atom. The number of methoxy groups -OCH3 is 1. The van der Waals surface area contributed by atoms with Gasteiger partial charge in [-0.05, 0) is 37.3 Å². The summed E-state index contributed by atoms with van der Waals surface area (Å²) in [5, 5.41) is 6.25. The van der Waals surface area contributed by atoms with E-state index in [1.807, 2.05) is 42.6 Å². The number of aryl methyl sites for hydroxylation is 1. The molecule has 26 heavy (non-hydrogen) atoms. The lowest BCUT2D eigenvalue weighted by atomic mass is 10.2. The van der Waals surface area contributed by atoms with Crippen LogP contribution in [0.1, 0.15) is 12.1 Å². The summed E-state index contributed by atoms with van der Waals surface area (Å²) in [7, 11) is 1.63. The number of ether oxygens (including phenoxy) is 1. The minimum absolute atomic E-state index is 0.0566. The van der Waals surface area contributed by atoms with Gasteiger partial charge in [0.1, 0.15) is 12.1 Å². The van der Waals surface area contributed by atoms with E-state index in [1.54, 1.807) is 7.11 Å². The molecule has 0 aliphatic rings. The maximum absolute atomic E-state index is 12.1. The Balaban J connectivity index is 1.50. The Bertz CT molecular complexity index is 881. The molecule has 0 unspecified atom stereocenters. The van der Waals surface area contributed by atoms with Crippen LogP contribution in [0.3, 0.4) is 0 Å². The standard InChI is InChI=1S/C18H18N4O2S2/c1-12-9-17(20-11-19-12)25-8-7-16(23)22-18-21-15(10-26-18)13-3-5-14(24-2)6-4-13/h3-6,9-11H,7-8H2,1-2H3,(H,21,22,23). The van der Waals surface area contributed by atoms with Crippen LogP contribution in [0.5, 0.6) is 5.75 Å². The van der Waals surface area contributed by atoms with E-state index in [1.165, 1.54) is 29.4 Å². The molecule has 8 heteroatoms. The van der Waals surface area contributed by atoms with Crippen LogP contribution in [-0.4, -0.2) is 33.7 Å². The van der Waals surface area contributed by atoms with Crippen molar-refractivity contribution in [3.8, 4) is 17.0 Å². The first kappa shape index (κ1) is 18.3. The molecule has 3 rings (SSSR count). The van der Waals surface area contributed by atoms with Gasteiger partial charge in [-0.2, -0.15) is 0 Å². The van der Waals surface area contributed by atoms with E-state index in [0.29, 0.717) is 17.3 Å². The summed E-state index contributed by atoms with van der Waals surface area (Å²) in [5.74, 6) is 1.40. The number of nitrogens with zero attached hydrogens (tertiary/aromatic N) is 3. The minimum atomic E-state index is -0.0566. The predicted molar refractivity (Wildman–Crippen MR) is 105 cm³/mol. The highest BCUT2D eigenvalue weighted by atomic mass is 32.2. The lowest BCUT2D eigenvalue weighted by molar-refractivity contribution is -0.115. The fourth-order valence-corrected chi connectivity index (χ4v) is 3.77. The highest BCUT2D eigenvalue weighted by Gasteiger charge is 2.09. The molecule has 0 radical (unpaired) electrons. The fraction of sp³-hybridized carbons (Fsp3) is 0.222. The molecule has 1 amide bonds. The van der Waals surface area contributed by atoms with Crippen LogP contribution in [0.4, 0.5) is 5.13 Å². The lowest BCUT2D eigenvalue weighted by Gasteiger charge is -2.03. The first-order valence-corrected chi connectivity index (χ1v) is 9.82. The number of aromatic nitrogens is 3. The Kier molecular flexibility index (Phi) is 6.19. The molecule has 0 bridgehead atoms. The van der Waals surface area contributed by atoms with Gasteiger partial charge < -0.3 is 10.1 Å². The third-order valence-electron chi connectivity index (χ3n) is 3.49. The van der Waals surface area contributed by atoms with Crippen molar-refractivity contribution in [2.45, 2.75) is 18.4 Å². The van der Waals surface area contributed by atoms with Crippen LogP contribution in [0.2, 0.25) is 0 Å². The molecule has 0 saturated heterocycles. The molecule has 0 spiro atoms. The summed E-state index contributed by atoms with van der Waals surface area (Å²) in [4.78, 5) is 24.8. The molecular weight excluding hydrogens is 368 g/mol. The molecule has 0 saturated carbocycles. The molecule has 0 aliphatic carbocycles. The number of hydrogen-bond donors (Lipinski definition) is 1. The highest BCUT2D eigenvalue weighted by molar-refractivity contribution is 7.99. The van der Waals surface area contributed by atoms with Gasteiger partial charge in [0.05, 0.1) is 17.8 Å². The van der Waals surface area contributed by atoms with Gasteiger partial charge in [0.15, 0.2) is 5.13 Å². The van der Waals surface area contributed by atoms with Crippen LogP contribution < -0.4 is 10.1 Å². The van der Waals surface area contributed by atoms with Gasteiger partial charge in [-0.1, -0.05) is 0 Å². The van der Waals surface area contributed by atoms with E-state index >= 15 is 0 Å². The van der Waals surface area contributed by atoms with Gasteiger partial charge >= 0.3 is 0 Å². The number of nitrogens with one attached hydrogen (secondary N) is 1. The molecule has 2 heterocycles. The second-order valence-electron chi connectivity index (χ2n) is 5.41. The van der Waals surface area contributed by atoms with Crippen molar-refractivity contribution >= 4 is 34.1 Å². The second kappa shape index (κ2) is 8.77. The second-order valence-corrected chi connectivity index (χ2v) is 7.38. The smallest absolute Gasteiger partial charge is 0.226 e. The Morgan fingerprint density at radius 3 is 2.81 bits per heavy atom. The number of hydrogen-bond acceptors (Lipinski definition) is 7. The predicted octanol–water partition coefficient (Wildman–Crippen LogP) is 4.04. The first-order chi connectivity index (χ1) is 12.6. The number of thioether (sulfide) groups is 1. The summed E-state index contributed by atoms with van der Waals surface area (Å²) in [6, 6.07) is 9.57. The van der Waals surface area contributed by atoms with Crippen LogP contribution in [0.15, 0.2) is 47.1 Å². The summed E-state index contributed by atoms with van der Waals surface area (Å²) in [5.41, 5.74) is 2.73. The van der Waals surface area contributed by atoms with Gasteiger partial charge in [0.25, 0.3) is 0 Å². The molecule has 3 aromatic rings. The maximum Gasteiger partial charge on any atom is 0.226 e. The number of carbonyl (C=O) groups excluding carboxylic acids is 1. The highest BCUT2D eigenvalue weighted by Crippen LogP contribution is 2.26. The Hall–Kier alpha value is -2.45. The number of carbonyl (C=O) groups is 1. The van der Waals surface area contributed by atoms with E-state index < -0.39 is 0 Å². The number of anilines is 1. The third kappa shape index (κ3) is 5.03. The van der Waals surface area contributed by atoms with Gasteiger partial charge in [-0.25, -0.2) is 15.0 Å². The van der Waals surface area contributed by atoms with Crippen molar-refractivity contribution in [3.63, 3.8) is 0 Å². The molecule has 2 aromatic heterocycles. The van der Waals surface area contributed by atoms with E-state index in [4.69, 9.17) is 4.74 Å². The number of benzene rings is 1. The topological polar surface area (TPSA) is 77.0 Å². The van der Waals surface area contributed by atoms with E-state index in [9.17, 15) is 4.79 Å². The van der Waals surface area contributed by atoms with E-state index in [-0.39, 0.29) is 5.91 Å². The van der Waals surface area contributed by atoms with Crippen LogP contribution in [0.25, 0.3) is 11.3 Å². The monoisotopic (exact) mass is 386 g/mol. The molecular formula is C18H18N4O2S2. The summed E-state index contributed by atoms with van der Waals surface area (Å²) in [6.07, 6.45) is 1.93. The normalized spacial score (nSPS) is 10.5. The number of amides is 1. The van der Waals surface area contributed by atoms with Crippen LogP contribution in [-0.2, 0) is 4.79 Å². The number of thiazole rings is 1. The summed E-state index contributed by atoms with van der Waals surface area (Å²) < 4.78 is 5.15. The molecule has 134 valence electrons. The first-order valence-electron chi connectivity index (χ1n) is 7.95. The summed E-state index contributed by atoms with van der Waals surface area (Å²) >= 11 is 2.95. The lowest BCUT2D eigenvalue weighted by Crippen LogP contribution is -2.12. The molecule has 1 N–H and O–H groups in total. The zero-order valence-corrected chi connectivity index (χ0v) is 16.1. The van der Waals surface area contributed by atoms with Gasteiger partial charge in [0, 0.05) is 28.8 Å². The number of rotatable bonds is 7. The molecule has 6 nitrogen and oxygen atoms in total. The molecule has 0 atom stereocenters. The molecule has 0 fully saturated rings. The van der Waals surface area contributed by atoms with Crippen molar-refractivity contribution in [3.05, 3.63) is 47.7 Å². The Morgan fingerprint density at radius 1 is 1.27 bits per heavy atom. The van der Waals surface area contributed by atoms with Crippen molar-refractivity contribution < 1.29 is 9.53 Å². The Labute approximate surface area is 160 Å². The van der Waals surface area contributed by atoms with Gasteiger partial charge in [-0.3, -0.25) is 4.79 Å². The van der Waals surface area contributed by atoms with Crippen molar-refractivity contribution in [2.24, 2.45) is 0 Å². The fourth-order valence-electron chi connectivity index (χ4n) is 2.16. The molecule has 0 aliphatic heterocycles. The van der Waals surface area contributed by atoms with Crippen molar-refractivity contribution in [2.75, 3.05) is 18.2 Å². The van der Waals surface area contributed by atoms with Crippen molar-refractivity contribution in [1.29, 1.82) is 0 Å². The zero-order chi connectivity index (χ0) is 18.4. The minimum Gasteiger partial charge on any atom is -0.497 e. The van der Waals surface area contributed by atoms with Crippen LogP contribution >= 0.6 is 23.1 Å². The third-order valence-corrected chi connectivity index (χ3v) is 5.18. The maximum atomic E-state index is 12.1. The largest absolute Gasteiger partial charge is 0.497 e. The van der Waals surface area contributed by atoms with Crippen LogP contribution in [0, 0.1) is 6.92 Å². The van der Waals surface area contributed by atoms with E-state index in [0.717, 1.165) is 27.7 Å². The van der Waals surface area contributed by atoms with E-state index in [2.05, 4.69) is 20.3 Å². The zero-order valence-electron chi connectivity index (χ0n) is 14.4. The van der Waals surface area contributed by atoms with Gasteiger partial charge in [0.2, 0.25) is 5.91 Å². The van der Waals surface area contributed by atoms with Gasteiger partial charge in [-0.15, -0.1) is 23.1 Å². The summed E-state index contributed by atoms with van der Waals surface area (Å²) in [6.45, 7) is 1.92. The SMILES string of the molecule is COc1ccc(-c2csc(NC(=O)CCSc3cc(C)ncn3)n2)cc1. The quantitative estimate of drug-likeness (QED) is 0.488.